The molecule has 0 unspecified atom stereocenters. The Morgan fingerprint density at radius 1 is 1.21 bits per heavy atom. The number of benzene rings is 1. The van der Waals surface area contributed by atoms with Crippen LogP contribution in [0.15, 0.2) is 48.8 Å². The van der Waals surface area contributed by atoms with Gasteiger partial charge in [-0.25, -0.2) is 4.98 Å². The van der Waals surface area contributed by atoms with Gasteiger partial charge in [-0.05, 0) is 18.2 Å². The first-order valence-corrected chi connectivity index (χ1v) is 5.90. The van der Waals surface area contributed by atoms with Crippen molar-refractivity contribution < 1.29 is 4.92 Å². The summed E-state index contributed by atoms with van der Waals surface area (Å²) in [7, 11) is 0. The molecule has 2 aromatic heterocycles. The largest absolute Gasteiger partial charge is 0.306 e. The first-order chi connectivity index (χ1) is 9.13. The summed E-state index contributed by atoms with van der Waals surface area (Å²) in [4.78, 5) is 14.6. The molecule has 3 aromatic rings. The second-order valence-electron chi connectivity index (χ2n) is 4.04. The van der Waals surface area contributed by atoms with Crippen molar-refractivity contribution in [3.8, 4) is 11.3 Å². The van der Waals surface area contributed by atoms with Gasteiger partial charge < -0.3 is 4.40 Å². The lowest BCUT2D eigenvalue weighted by Crippen LogP contribution is -1.87. The van der Waals surface area contributed by atoms with Gasteiger partial charge in [0.1, 0.15) is 5.65 Å². The summed E-state index contributed by atoms with van der Waals surface area (Å²) in [5.41, 5.74) is 2.37. The molecule has 0 spiro atoms. The Hall–Kier alpha value is -2.40. The van der Waals surface area contributed by atoms with E-state index in [0.717, 1.165) is 16.9 Å². The van der Waals surface area contributed by atoms with Crippen molar-refractivity contribution in [2.75, 3.05) is 0 Å². The first kappa shape index (κ1) is 11.7. The summed E-state index contributed by atoms with van der Waals surface area (Å²) in [6, 6.07) is 9.83. The fourth-order valence-corrected chi connectivity index (χ4v) is 2.00. The lowest BCUT2D eigenvalue weighted by Gasteiger charge is -1.95. The van der Waals surface area contributed by atoms with Crippen LogP contribution in [0.5, 0.6) is 0 Å². The van der Waals surface area contributed by atoms with E-state index >= 15 is 0 Å². The zero-order valence-corrected chi connectivity index (χ0v) is 10.4. The van der Waals surface area contributed by atoms with Crippen molar-refractivity contribution in [3.63, 3.8) is 0 Å². The van der Waals surface area contributed by atoms with Crippen LogP contribution in [-0.2, 0) is 0 Å². The van der Waals surface area contributed by atoms with E-state index in [-0.39, 0.29) is 5.69 Å². The molecule has 2 heterocycles. The highest BCUT2D eigenvalue weighted by Crippen LogP contribution is 2.23. The Morgan fingerprint density at radius 3 is 2.63 bits per heavy atom. The fraction of sp³-hybridized carbons (Fsp3) is 0. The summed E-state index contributed by atoms with van der Waals surface area (Å²) in [6.07, 6.45) is 3.67. The molecule has 0 aliphatic rings. The van der Waals surface area contributed by atoms with Gasteiger partial charge in [0.05, 0.1) is 10.6 Å². The molecule has 0 aliphatic heterocycles. The smallest absolute Gasteiger partial charge is 0.269 e. The first-order valence-electron chi connectivity index (χ1n) is 5.52. The third kappa shape index (κ3) is 2.15. The molecule has 0 N–H and O–H groups in total. The lowest BCUT2D eigenvalue weighted by molar-refractivity contribution is -0.384. The highest BCUT2D eigenvalue weighted by Gasteiger charge is 2.08. The van der Waals surface area contributed by atoms with E-state index in [4.69, 9.17) is 11.6 Å². The monoisotopic (exact) mass is 273 g/mol. The summed E-state index contributed by atoms with van der Waals surface area (Å²) >= 11 is 5.90. The Morgan fingerprint density at radius 2 is 1.95 bits per heavy atom. The van der Waals surface area contributed by atoms with Crippen molar-refractivity contribution in [2.45, 2.75) is 0 Å². The summed E-state index contributed by atoms with van der Waals surface area (Å²) < 4.78 is 1.85. The lowest BCUT2D eigenvalue weighted by atomic mass is 10.1. The Kier molecular flexibility index (Phi) is 2.68. The predicted molar refractivity (Wildman–Crippen MR) is 72.3 cm³/mol. The molecule has 6 heteroatoms. The number of pyridine rings is 1. The molecule has 0 bridgehead atoms. The van der Waals surface area contributed by atoms with Gasteiger partial charge in [-0.2, -0.15) is 0 Å². The SMILES string of the molecule is O=[N+]([O-])c1ccc(-c2cn3ccc(Cl)cc3n2)cc1. The van der Waals surface area contributed by atoms with Gasteiger partial charge in [-0.1, -0.05) is 11.6 Å². The molecule has 19 heavy (non-hydrogen) atoms. The third-order valence-electron chi connectivity index (χ3n) is 2.80. The number of nitrogens with zero attached hydrogens (tertiary/aromatic N) is 3. The highest BCUT2D eigenvalue weighted by atomic mass is 35.5. The van der Waals surface area contributed by atoms with Gasteiger partial charge in [-0.15, -0.1) is 0 Å². The highest BCUT2D eigenvalue weighted by molar-refractivity contribution is 6.30. The molecule has 5 nitrogen and oxygen atoms in total. The van der Waals surface area contributed by atoms with Crippen molar-refractivity contribution in [1.29, 1.82) is 0 Å². The zero-order valence-electron chi connectivity index (χ0n) is 9.65. The number of hydrogen-bond acceptors (Lipinski definition) is 3. The van der Waals surface area contributed by atoms with Crippen LogP contribution >= 0.6 is 11.6 Å². The number of fused-ring (bicyclic) bond motifs is 1. The van der Waals surface area contributed by atoms with Crippen molar-refractivity contribution >= 4 is 22.9 Å². The molecule has 94 valence electrons. The number of non-ortho nitro benzene ring substituents is 1. The second-order valence-corrected chi connectivity index (χ2v) is 4.48. The molecular weight excluding hydrogens is 266 g/mol. The number of imidazole rings is 1. The van der Waals surface area contributed by atoms with Gasteiger partial charge in [0.2, 0.25) is 0 Å². The molecule has 0 fully saturated rings. The molecular formula is C13H8ClN3O2. The van der Waals surface area contributed by atoms with Crippen LogP contribution in [0.25, 0.3) is 16.9 Å². The van der Waals surface area contributed by atoms with Crippen LogP contribution in [0, 0.1) is 10.1 Å². The maximum atomic E-state index is 10.6. The van der Waals surface area contributed by atoms with E-state index in [2.05, 4.69) is 4.98 Å². The summed E-state index contributed by atoms with van der Waals surface area (Å²) in [6.45, 7) is 0. The van der Waals surface area contributed by atoms with Gasteiger partial charge in [0.15, 0.2) is 0 Å². The molecule has 3 rings (SSSR count). The zero-order chi connectivity index (χ0) is 13.4. The minimum atomic E-state index is -0.423. The van der Waals surface area contributed by atoms with E-state index in [0.29, 0.717) is 5.02 Å². The number of rotatable bonds is 2. The molecule has 0 saturated carbocycles. The van der Waals surface area contributed by atoms with Crippen LogP contribution in [-0.4, -0.2) is 14.3 Å². The van der Waals surface area contributed by atoms with Gasteiger partial charge in [0.25, 0.3) is 5.69 Å². The van der Waals surface area contributed by atoms with Crippen molar-refractivity contribution in [3.05, 3.63) is 63.9 Å². The number of halogens is 1. The van der Waals surface area contributed by atoms with Crippen LogP contribution in [0.3, 0.4) is 0 Å². The number of nitro groups is 1. The molecule has 0 aliphatic carbocycles. The summed E-state index contributed by atoms with van der Waals surface area (Å²) in [5.74, 6) is 0. The van der Waals surface area contributed by atoms with E-state index in [1.165, 1.54) is 12.1 Å². The van der Waals surface area contributed by atoms with Crippen LogP contribution in [0.2, 0.25) is 5.02 Å². The fourth-order valence-electron chi connectivity index (χ4n) is 1.85. The maximum Gasteiger partial charge on any atom is 0.269 e. The number of hydrogen-bond donors (Lipinski definition) is 0. The number of aromatic nitrogens is 2. The third-order valence-corrected chi connectivity index (χ3v) is 3.03. The van der Waals surface area contributed by atoms with Crippen molar-refractivity contribution in [1.82, 2.24) is 9.38 Å². The average molecular weight is 274 g/mol. The normalized spacial score (nSPS) is 10.8. The van der Waals surface area contributed by atoms with Crippen molar-refractivity contribution in [2.24, 2.45) is 0 Å². The van der Waals surface area contributed by atoms with Gasteiger partial charge >= 0.3 is 0 Å². The van der Waals surface area contributed by atoms with E-state index in [9.17, 15) is 10.1 Å². The van der Waals surface area contributed by atoms with Crippen LogP contribution in [0.4, 0.5) is 5.69 Å². The van der Waals surface area contributed by atoms with E-state index < -0.39 is 4.92 Å². The molecule has 0 saturated heterocycles. The predicted octanol–water partition coefficient (Wildman–Crippen LogP) is 3.56. The average Bonchev–Trinajstić information content (AvgIpc) is 2.81. The molecule has 1 aromatic carbocycles. The summed E-state index contributed by atoms with van der Waals surface area (Å²) in [5, 5.41) is 11.2. The molecule has 0 radical (unpaired) electrons. The minimum absolute atomic E-state index is 0.0653. The Labute approximate surface area is 113 Å². The van der Waals surface area contributed by atoms with Crippen LogP contribution in [0.1, 0.15) is 0 Å². The Balaban J connectivity index is 2.06. The standard InChI is InChI=1S/C13H8ClN3O2/c14-10-5-6-16-8-12(15-13(16)7-10)9-1-3-11(4-2-9)17(18)19/h1-8H. The van der Waals surface area contributed by atoms with E-state index in [1.54, 1.807) is 24.3 Å². The maximum absolute atomic E-state index is 10.6. The van der Waals surface area contributed by atoms with Crippen LogP contribution < -0.4 is 0 Å². The van der Waals surface area contributed by atoms with Gasteiger partial charge in [-0.3, -0.25) is 10.1 Å². The Bertz CT molecular complexity index is 765. The van der Waals surface area contributed by atoms with E-state index in [1.807, 2.05) is 16.8 Å². The minimum Gasteiger partial charge on any atom is -0.306 e. The number of nitro benzene ring substituents is 1. The second kappa shape index (κ2) is 4.37. The molecule has 0 atom stereocenters. The molecule has 0 amide bonds. The topological polar surface area (TPSA) is 60.4 Å². The van der Waals surface area contributed by atoms with Gasteiger partial charge in [0, 0.05) is 41.2 Å². The quantitative estimate of drug-likeness (QED) is 0.530.